The first-order valence-corrected chi connectivity index (χ1v) is 5.19. The van der Waals surface area contributed by atoms with E-state index < -0.39 is 5.97 Å². The van der Waals surface area contributed by atoms with E-state index in [1.165, 1.54) is 6.20 Å². The van der Waals surface area contributed by atoms with Crippen molar-refractivity contribution in [2.24, 2.45) is 0 Å². The molecular weight excluding hydrogens is 216 g/mol. The number of hydrogen-bond acceptors (Lipinski definition) is 3. The van der Waals surface area contributed by atoms with Crippen LogP contribution in [0.4, 0.5) is 5.82 Å². The number of aliphatic carboxylic acids is 1. The largest absolute Gasteiger partial charge is 0.481 e. The Kier molecular flexibility index (Phi) is 3.05. The van der Waals surface area contributed by atoms with E-state index in [9.17, 15) is 4.79 Å². The molecule has 0 radical (unpaired) electrons. The molecule has 0 aliphatic rings. The van der Waals surface area contributed by atoms with Crippen molar-refractivity contribution in [1.82, 2.24) is 4.98 Å². The number of carboxylic acid groups (broad SMARTS) is 1. The number of carbonyl (C=O) groups is 1. The van der Waals surface area contributed by atoms with Crippen molar-refractivity contribution in [2.75, 3.05) is 5.73 Å². The molecule has 0 unspecified atom stereocenters. The van der Waals surface area contributed by atoms with Crippen LogP contribution >= 0.6 is 0 Å². The van der Waals surface area contributed by atoms with Crippen molar-refractivity contribution in [1.29, 1.82) is 0 Å². The third kappa shape index (κ3) is 2.42. The van der Waals surface area contributed by atoms with E-state index in [-0.39, 0.29) is 6.42 Å². The fraction of sp³-hybridized carbons (Fsp3) is 0.0769. The lowest BCUT2D eigenvalue weighted by Crippen LogP contribution is -2.05. The van der Waals surface area contributed by atoms with E-state index in [1.807, 2.05) is 30.3 Å². The Bertz CT molecular complexity index is 538. The van der Waals surface area contributed by atoms with Gasteiger partial charge in [-0.15, -0.1) is 0 Å². The minimum atomic E-state index is -0.882. The van der Waals surface area contributed by atoms with E-state index in [1.54, 1.807) is 6.07 Å². The lowest BCUT2D eigenvalue weighted by atomic mass is 9.99. The van der Waals surface area contributed by atoms with Crippen molar-refractivity contribution in [3.8, 4) is 11.1 Å². The van der Waals surface area contributed by atoms with Gasteiger partial charge in [0.1, 0.15) is 5.82 Å². The minimum absolute atomic E-state index is 0.0586. The van der Waals surface area contributed by atoms with Crippen LogP contribution in [0.1, 0.15) is 5.56 Å². The molecule has 4 heteroatoms. The Balaban J connectivity index is 2.55. The molecule has 0 fully saturated rings. The van der Waals surface area contributed by atoms with Gasteiger partial charge in [-0.3, -0.25) is 4.79 Å². The summed E-state index contributed by atoms with van der Waals surface area (Å²) in [4.78, 5) is 14.8. The standard InChI is InChI=1S/C13H12N2O2/c14-13-12(9-4-2-1-3-5-9)10(6-7-15-13)8-11(16)17/h1-7H,8H2,(H2,14,15)(H,16,17). The molecule has 0 amide bonds. The van der Waals surface area contributed by atoms with Gasteiger partial charge in [0.05, 0.1) is 6.42 Å². The molecule has 1 heterocycles. The number of carboxylic acids is 1. The van der Waals surface area contributed by atoms with Gasteiger partial charge in [0.25, 0.3) is 0 Å². The summed E-state index contributed by atoms with van der Waals surface area (Å²) in [7, 11) is 0. The number of anilines is 1. The average Bonchev–Trinajstić information content (AvgIpc) is 2.29. The second-order valence-corrected chi connectivity index (χ2v) is 3.67. The summed E-state index contributed by atoms with van der Waals surface area (Å²) in [5, 5.41) is 8.87. The van der Waals surface area contributed by atoms with Crippen molar-refractivity contribution in [3.05, 3.63) is 48.2 Å². The van der Waals surface area contributed by atoms with Gasteiger partial charge in [0.15, 0.2) is 0 Å². The van der Waals surface area contributed by atoms with Crippen molar-refractivity contribution in [3.63, 3.8) is 0 Å². The van der Waals surface area contributed by atoms with Crippen LogP contribution in [0.25, 0.3) is 11.1 Å². The lowest BCUT2D eigenvalue weighted by molar-refractivity contribution is -0.136. The third-order valence-corrected chi connectivity index (χ3v) is 2.47. The summed E-state index contributed by atoms with van der Waals surface area (Å²) in [6.07, 6.45) is 1.47. The Morgan fingerprint density at radius 3 is 2.59 bits per heavy atom. The first kappa shape index (κ1) is 11.1. The van der Waals surface area contributed by atoms with Crippen molar-refractivity contribution < 1.29 is 9.90 Å². The SMILES string of the molecule is Nc1nccc(CC(=O)O)c1-c1ccccc1. The van der Waals surface area contributed by atoms with Crippen LogP contribution in [0, 0.1) is 0 Å². The number of nitrogens with zero attached hydrogens (tertiary/aromatic N) is 1. The van der Waals surface area contributed by atoms with E-state index in [0.717, 1.165) is 5.56 Å². The molecule has 0 saturated heterocycles. The number of rotatable bonds is 3. The van der Waals surface area contributed by atoms with Crippen molar-refractivity contribution in [2.45, 2.75) is 6.42 Å². The van der Waals surface area contributed by atoms with Gasteiger partial charge in [-0.2, -0.15) is 0 Å². The van der Waals surface area contributed by atoms with E-state index >= 15 is 0 Å². The smallest absolute Gasteiger partial charge is 0.307 e. The van der Waals surface area contributed by atoms with Crippen LogP contribution in [0.15, 0.2) is 42.6 Å². The fourth-order valence-corrected chi connectivity index (χ4v) is 1.77. The molecule has 2 aromatic rings. The summed E-state index contributed by atoms with van der Waals surface area (Å²) < 4.78 is 0. The molecule has 1 aromatic carbocycles. The van der Waals surface area contributed by atoms with Crippen LogP contribution in [0.3, 0.4) is 0 Å². The Morgan fingerprint density at radius 1 is 1.24 bits per heavy atom. The molecule has 0 saturated carbocycles. The maximum absolute atomic E-state index is 10.8. The zero-order chi connectivity index (χ0) is 12.3. The second kappa shape index (κ2) is 4.65. The zero-order valence-corrected chi connectivity index (χ0v) is 9.13. The molecule has 0 spiro atoms. The predicted octanol–water partition coefficient (Wildman–Crippen LogP) is 1.96. The lowest BCUT2D eigenvalue weighted by Gasteiger charge is -2.10. The topological polar surface area (TPSA) is 76.2 Å². The quantitative estimate of drug-likeness (QED) is 0.841. The molecule has 0 atom stereocenters. The molecular formula is C13H12N2O2. The Hall–Kier alpha value is -2.36. The summed E-state index contributed by atoms with van der Waals surface area (Å²) >= 11 is 0. The number of nitrogens with two attached hydrogens (primary N) is 1. The maximum atomic E-state index is 10.8. The van der Waals surface area contributed by atoms with Crippen LogP contribution in [0.5, 0.6) is 0 Å². The average molecular weight is 228 g/mol. The fourth-order valence-electron chi connectivity index (χ4n) is 1.77. The van der Waals surface area contributed by atoms with E-state index in [0.29, 0.717) is 16.9 Å². The monoisotopic (exact) mass is 228 g/mol. The van der Waals surface area contributed by atoms with Gasteiger partial charge in [-0.25, -0.2) is 4.98 Å². The highest BCUT2D eigenvalue weighted by atomic mass is 16.4. The summed E-state index contributed by atoms with van der Waals surface area (Å²) in [5.74, 6) is -0.525. The van der Waals surface area contributed by atoms with Crippen LogP contribution in [0.2, 0.25) is 0 Å². The molecule has 1 aromatic heterocycles. The van der Waals surface area contributed by atoms with Gasteiger partial charge >= 0.3 is 5.97 Å². The first-order chi connectivity index (χ1) is 8.18. The first-order valence-electron chi connectivity index (χ1n) is 5.19. The normalized spacial score (nSPS) is 10.1. The molecule has 0 aliphatic carbocycles. The molecule has 17 heavy (non-hydrogen) atoms. The highest BCUT2D eigenvalue weighted by Crippen LogP contribution is 2.28. The van der Waals surface area contributed by atoms with Crippen LogP contribution in [-0.2, 0) is 11.2 Å². The molecule has 86 valence electrons. The number of hydrogen-bond donors (Lipinski definition) is 2. The van der Waals surface area contributed by atoms with E-state index in [2.05, 4.69) is 4.98 Å². The van der Waals surface area contributed by atoms with Gasteiger partial charge in [0, 0.05) is 11.8 Å². The highest BCUT2D eigenvalue weighted by Gasteiger charge is 2.12. The van der Waals surface area contributed by atoms with Crippen LogP contribution < -0.4 is 5.73 Å². The van der Waals surface area contributed by atoms with Gasteiger partial charge in [0.2, 0.25) is 0 Å². The molecule has 4 nitrogen and oxygen atoms in total. The molecule has 0 bridgehead atoms. The Morgan fingerprint density at radius 2 is 1.94 bits per heavy atom. The third-order valence-electron chi connectivity index (χ3n) is 2.47. The predicted molar refractivity (Wildman–Crippen MR) is 65.4 cm³/mol. The van der Waals surface area contributed by atoms with Gasteiger partial charge in [-0.05, 0) is 17.2 Å². The summed E-state index contributed by atoms with van der Waals surface area (Å²) in [6.45, 7) is 0. The summed E-state index contributed by atoms with van der Waals surface area (Å²) in [5.41, 5.74) is 8.09. The van der Waals surface area contributed by atoms with Gasteiger partial charge < -0.3 is 10.8 Å². The number of nitrogen functional groups attached to an aromatic ring is 1. The van der Waals surface area contributed by atoms with Gasteiger partial charge in [-0.1, -0.05) is 30.3 Å². The number of pyridine rings is 1. The van der Waals surface area contributed by atoms with Crippen molar-refractivity contribution >= 4 is 11.8 Å². The zero-order valence-electron chi connectivity index (χ0n) is 9.13. The second-order valence-electron chi connectivity index (χ2n) is 3.67. The van der Waals surface area contributed by atoms with Crippen LogP contribution in [-0.4, -0.2) is 16.1 Å². The molecule has 0 aliphatic heterocycles. The number of aromatic nitrogens is 1. The minimum Gasteiger partial charge on any atom is -0.481 e. The Labute approximate surface area is 98.7 Å². The summed E-state index contributed by atoms with van der Waals surface area (Å²) in [6, 6.07) is 11.1. The molecule has 3 N–H and O–H groups in total. The number of benzene rings is 1. The highest BCUT2D eigenvalue weighted by molar-refractivity contribution is 5.81. The molecule has 2 rings (SSSR count). The maximum Gasteiger partial charge on any atom is 0.307 e. The van der Waals surface area contributed by atoms with E-state index in [4.69, 9.17) is 10.8 Å².